The Kier molecular flexibility index (Phi) is 5.21. The van der Waals surface area contributed by atoms with E-state index in [1.807, 2.05) is 6.07 Å². The van der Waals surface area contributed by atoms with Crippen molar-refractivity contribution < 1.29 is 13.9 Å². The quantitative estimate of drug-likeness (QED) is 0.714. The van der Waals surface area contributed by atoms with Crippen LogP contribution in [-0.4, -0.2) is 28.5 Å². The van der Waals surface area contributed by atoms with Crippen molar-refractivity contribution in [2.45, 2.75) is 18.9 Å². The molecule has 2 aromatic carbocycles. The van der Waals surface area contributed by atoms with Gasteiger partial charge in [0.2, 0.25) is 5.91 Å². The minimum atomic E-state index is -0.321. The fourth-order valence-corrected chi connectivity index (χ4v) is 3.43. The van der Waals surface area contributed by atoms with Gasteiger partial charge in [-0.2, -0.15) is 0 Å². The average molecular weight is 398 g/mol. The van der Waals surface area contributed by atoms with E-state index < -0.39 is 0 Å². The largest absolute Gasteiger partial charge is 0.487 e. The maximum Gasteiger partial charge on any atom is 0.224 e. The third kappa shape index (κ3) is 4.12. The Morgan fingerprint density at radius 1 is 1.21 bits per heavy atom. The summed E-state index contributed by atoms with van der Waals surface area (Å²) in [7, 11) is 0. The van der Waals surface area contributed by atoms with Gasteiger partial charge < -0.3 is 10.1 Å². The summed E-state index contributed by atoms with van der Waals surface area (Å²) >= 11 is 6.25. The van der Waals surface area contributed by atoms with Crippen molar-refractivity contribution in [3.63, 3.8) is 0 Å². The topological polar surface area (TPSA) is 64.1 Å². The van der Waals surface area contributed by atoms with Crippen molar-refractivity contribution in [2.75, 3.05) is 6.54 Å². The van der Waals surface area contributed by atoms with Gasteiger partial charge in [0.25, 0.3) is 0 Å². The van der Waals surface area contributed by atoms with Gasteiger partial charge in [0, 0.05) is 29.4 Å². The first kappa shape index (κ1) is 18.4. The van der Waals surface area contributed by atoms with Gasteiger partial charge >= 0.3 is 0 Å². The van der Waals surface area contributed by atoms with E-state index in [2.05, 4.69) is 15.3 Å². The molecule has 0 radical (unpaired) electrons. The number of hydrogen-bond acceptors (Lipinski definition) is 4. The minimum Gasteiger partial charge on any atom is -0.487 e. The predicted molar refractivity (Wildman–Crippen MR) is 104 cm³/mol. The number of nitrogens with one attached hydrogen (secondary N) is 1. The number of halogens is 2. The zero-order chi connectivity index (χ0) is 19.5. The molecule has 0 unspecified atom stereocenters. The number of carbonyl (C=O) groups is 1. The fourth-order valence-electron chi connectivity index (χ4n) is 3.19. The van der Waals surface area contributed by atoms with Crippen LogP contribution in [0.1, 0.15) is 11.1 Å². The van der Waals surface area contributed by atoms with E-state index in [-0.39, 0.29) is 24.2 Å². The molecule has 28 heavy (non-hydrogen) atoms. The Morgan fingerprint density at radius 3 is 2.71 bits per heavy atom. The number of ether oxygens (including phenoxy) is 1. The summed E-state index contributed by atoms with van der Waals surface area (Å²) in [5.74, 6) is 0.782. The molecule has 0 fully saturated rings. The second kappa shape index (κ2) is 7.94. The highest BCUT2D eigenvalue weighted by molar-refractivity contribution is 6.31. The normalized spacial score (nSPS) is 15.0. The lowest BCUT2D eigenvalue weighted by atomic mass is 10.1. The average Bonchev–Trinajstić information content (AvgIpc) is 3.11. The van der Waals surface area contributed by atoms with Crippen molar-refractivity contribution in [2.24, 2.45) is 0 Å². The van der Waals surface area contributed by atoms with Gasteiger partial charge in [0.05, 0.1) is 18.5 Å². The molecular weight excluding hydrogens is 381 g/mol. The predicted octanol–water partition coefficient (Wildman–Crippen LogP) is 3.60. The van der Waals surface area contributed by atoms with Crippen LogP contribution in [0, 0.1) is 5.82 Å². The second-order valence-corrected chi connectivity index (χ2v) is 7.00. The van der Waals surface area contributed by atoms with Gasteiger partial charge in [-0.15, -0.1) is 0 Å². The lowest BCUT2D eigenvalue weighted by Crippen LogP contribution is -2.35. The molecule has 0 spiro atoms. The van der Waals surface area contributed by atoms with Gasteiger partial charge in [-0.25, -0.2) is 14.4 Å². The van der Waals surface area contributed by atoms with Crippen molar-refractivity contribution in [1.29, 1.82) is 0 Å². The molecule has 0 saturated heterocycles. The number of amides is 1. The summed E-state index contributed by atoms with van der Waals surface area (Å²) < 4.78 is 19.0. The molecule has 3 aromatic rings. The lowest BCUT2D eigenvalue weighted by molar-refractivity contribution is -0.120. The van der Waals surface area contributed by atoms with Gasteiger partial charge in [-0.3, -0.25) is 4.79 Å². The highest BCUT2D eigenvalue weighted by atomic mass is 35.5. The maximum atomic E-state index is 13.0. The first-order valence-corrected chi connectivity index (χ1v) is 9.24. The van der Waals surface area contributed by atoms with E-state index in [1.165, 1.54) is 12.1 Å². The molecule has 1 aliphatic rings. The summed E-state index contributed by atoms with van der Waals surface area (Å²) in [6.07, 6.45) is 3.95. The van der Waals surface area contributed by atoms with Crippen molar-refractivity contribution in [3.05, 3.63) is 76.8 Å². The SMILES string of the molecule is O=C(Cc1ccc(F)cc1)NC[C@H]1Cc2cc(Cl)cc(-c3ncccn3)c2O1. The molecule has 1 atom stereocenters. The Labute approximate surface area is 166 Å². The summed E-state index contributed by atoms with van der Waals surface area (Å²) in [6, 6.07) is 11.3. The van der Waals surface area contributed by atoms with Crippen LogP contribution in [0.15, 0.2) is 54.9 Å². The van der Waals surface area contributed by atoms with Gasteiger partial charge in [0.15, 0.2) is 5.82 Å². The monoisotopic (exact) mass is 397 g/mol. The fraction of sp³-hybridized carbons (Fsp3) is 0.190. The molecule has 1 aromatic heterocycles. The number of benzene rings is 2. The van der Waals surface area contributed by atoms with Crippen LogP contribution in [0.5, 0.6) is 5.75 Å². The van der Waals surface area contributed by atoms with Crippen LogP contribution in [0.4, 0.5) is 4.39 Å². The number of fused-ring (bicyclic) bond motifs is 1. The van der Waals surface area contributed by atoms with Crippen molar-refractivity contribution in [3.8, 4) is 17.1 Å². The van der Waals surface area contributed by atoms with Crippen LogP contribution >= 0.6 is 11.6 Å². The van der Waals surface area contributed by atoms with Crippen molar-refractivity contribution in [1.82, 2.24) is 15.3 Å². The van der Waals surface area contributed by atoms with Gasteiger partial charge in [-0.05, 0) is 35.9 Å². The Balaban J connectivity index is 1.41. The van der Waals surface area contributed by atoms with E-state index in [0.29, 0.717) is 29.6 Å². The van der Waals surface area contributed by atoms with E-state index in [9.17, 15) is 9.18 Å². The number of nitrogens with zero attached hydrogens (tertiary/aromatic N) is 2. The molecule has 142 valence electrons. The summed E-state index contributed by atoms with van der Waals surface area (Å²) in [5.41, 5.74) is 2.46. The van der Waals surface area contributed by atoms with Crippen LogP contribution in [-0.2, 0) is 17.6 Å². The minimum absolute atomic E-state index is 0.143. The molecule has 0 aliphatic carbocycles. The first-order chi connectivity index (χ1) is 13.6. The molecule has 0 saturated carbocycles. The van der Waals surface area contributed by atoms with Gasteiger partial charge in [0.1, 0.15) is 17.7 Å². The molecule has 5 nitrogen and oxygen atoms in total. The smallest absolute Gasteiger partial charge is 0.224 e. The number of carbonyl (C=O) groups excluding carboxylic acids is 1. The molecule has 4 rings (SSSR count). The van der Waals surface area contributed by atoms with E-state index in [4.69, 9.17) is 16.3 Å². The van der Waals surface area contributed by atoms with Crippen LogP contribution in [0.2, 0.25) is 5.02 Å². The Hall–Kier alpha value is -2.99. The molecule has 0 bridgehead atoms. The standard InChI is InChI=1S/C21H17ClFN3O2/c22-15-9-14-10-17(12-26-19(27)8-13-2-4-16(23)5-3-13)28-20(14)18(11-15)21-24-6-1-7-25-21/h1-7,9,11,17H,8,10,12H2,(H,26,27)/t17-/m1/s1. The Bertz CT molecular complexity index is 997. The lowest BCUT2D eigenvalue weighted by Gasteiger charge is -2.13. The van der Waals surface area contributed by atoms with E-state index in [0.717, 1.165) is 16.7 Å². The van der Waals surface area contributed by atoms with Gasteiger partial charge in [-0.1, -0.05) is 23.7 Å². The zero-order valence-electron chi connectivity index (χ0n) is 14.9. The summed E-state index contributed by atoms with van der Waals surface area (Å²) in [5, 5.41) is 3.46. The third-order valence-corrected chi connectivity index (χ3v) is 4.69. The highest BCUT2D eigenvalue weighted by Gasteiger charge is 2.27. The maximum absolute atomic E-state index is 13.0. The number of rotatable bonds is 5. The molecule has 7 heteroatoms. The summed E-state index contributed by atoms with van der Waals surface area (Å²) in [4.78, 5) is 20.7. The molecule has 1 N–H and O–H groups in total. The van der Waals surface area contributed by atoms with Crippen LogP contribution < -0.4 is 10.1 Å². The van der Waals surface area contributed by atoms with Crippen molar-refractivity contribution >= 4 is 17.5 Å². The highest BCUT2D eigenvalue weighted by Crippen LogP contribution is 2.39. The number of aromatic nitrogens is 2. The molecular formula is C21H17ClFN3O2. The Morgan fingerprint density at radius 2 is 1.96 bits per heavy atom. The summed E-state index contributed by atoms with van der Waals surface area (Å²) in [6.45, 7) is 0.363. The van der Waals surface area contributed by atoms with E-state index in [1.54, 1.807) is 36.7 Å². The number of hydrogen-bond donors (Lipinski definition) is 1. The molecule has 1 aliphatic heterocycles. The first-order valence-electron chi connectivity index (χ1n) is 8.86. The zero-order valence-corrected chi connectivity index (χ0v) is 15.6. The second-order valence-electron chi connectivity index (χ2n) is 6.57. The molecule has 1 amide bonds. The molecule has 2 heterocycles. The van der Waals surface area contributed by atoms with Crippen LogP contribution in [0.25, 0.3) is 11.4 Å². The van der Waals surface area contributed by atoms with E-state index >= 15 is 0 Å². The van der Waals surface area contributed by atoms with Crippen LogP contribution in [0.3, 0.4) is 0 Å². The third-order valence-electron chi connectivity index (χ3n) is 4.47.